The number of hydrogen-bond acceptors (Lipinski definition) is 6. The maximum atomic E-state index is 12.6. The minimum atomic E-state index is -3.76. The number of carbonyl (C=O) groups is 1. The van der Waals surface area contributed by atoms with Gasteiger partial charge in [-0.15, -0.1) is 0 Å². The van der Waals surface area contributed by atoms with Crippen LogP contribution in [0.3, 0.4) is 0 Å². The number of nitrogens with zero attached hydrogens (tertiary/aromatic N) is 2. The van der Waals surface area contributed by atoms with Gasteiger partial charge >= 0.3 is 0 Å². The summed E-state index contributed by atoms with van der Waals surface area (Å²) in [4.78, 5) is 14.0. The maximum Gasteiger partial charge on any atom is 0.242 e. The Balaban J connectivity index is 2.17. The lowest BCUT2D eigenvalue weighted by atomic mass is 10.0. The molecular formula is C17H27N3O5S2. The summed E-state index contributed by atoms with van der Waals surface area (Å²) >= 11 is 0. The summed E-state index contributed by atoms with van der Waals surface area (Å²) in [7, 11) is -7.42. The molecule has 10 heteroatoms. The summed E-state index contributed by atoms with van der Waals surface area (Å²) in [5, 5.41) is 0. The highest BCUT2D eigenvalue weighted by Crippen LogP contribution is 2.26. The number of likely N-dealkylation sites (N-methyl/N-ethyl adjacent to an activating group) is 1. The van der Waals surface area contributed by atoms with Gasteiger partial charge in [-0.1, -0.05) is 13.8 Å². The molecule has 0 atom stereocenters. The number of anilines is 1. The molecule has 2 rings (SSSR count). The van der Waals surface area contributed by atoms with Crippen LogP contribution in [0.2, 0.25) is 0 Å². The van der Waals surface area contributed by atoms with Crippen molar-refractivity contribution in [2.24, 2.45) is 0 Å². The molecule has 0 unspecified atom stereocenters. The Labute approximate surface area is 161 Å². The minimum Gasteiger partial charge on any atom is -0.297 e. The van der Waals surface area contributed by atoms with Gasteiger partial charge in [-0.05, 0) is 51.2 Å². The summed E-state index contributed by atoms with van der Waals surface area (Å²) in [5.41, 5.74) is -0.202. The molecule has 1 fully saturated rings. The second-order valence-corrected chi connectivity index (χ2v) is 10.7. The molecule has 1 N–H and O–H groups in total. The zero-order chi connectivity index (χ0) is 20.5. The highest BCUT2D eigenvalue weighted by Gasteiger charge is 2.36. The van der Waals surface area contributed by atoms with Crippen molar-refractivity contribution in [1.82, 2.24) is 9.62 Å². The summed E-state index contributed by atoms with van der Waals surface area (Å²) in [6, 6.07) is 5.29. The van der Waals surface area contributed by atoms with Crippen LogP contribution in [-0.4, -0.2) is 58.6 Å². The van der Waals surface area contributed by atoms with Crippen molar-refractivity contribution < 1.29 is 21.6 Å². The Morgan fingerprint density at radius 3 is 2.15 bits per heavy atom. The van der Waals surface area contributed by atoms with E-state index in [0.717, 1.165) is 17.4 Å². The summed E-state index contributed by atoms with van der Waals surface area (Å²) in [5.74, 6) is -0.738. The van der Waals surface area contributed by atoms with Gasteiger partial charge in [-0.2, -0.15) is 0 Å². The van der Waals surface area contributed by atoms with Crippen LogP contribution in [0.25, 0.3) is 0 Å². The molecule has 1 aromatic rings. The van der Waals surface area contributed by atoms with Gasteiger partial charge in [0, 0.05) is 18.5 Å². The summed E-state index contributed by atoms with van der Waals surface area (Å²) in [6.07, 6.45) is -0.0651. The molecule has 0 saturated carbocycles. The van der Waals surface area contributed by atoms with Crippen LogP contribution in [0, 0.1) is 0 Å². The average molecular weight is 418 g/mol. The number of benzene rings is 1. The van der Waals surface area contributed by atoms with Crippen molar-refractivity contribution in [2.45, 2.75) is 44.6 Å². The predicted molar refractivity (Wildman–Crippen MR) is 105 cm³/mol. The first-order valence-electron chi connectivity index (χ1n) is 8.85. The molecule has 0 bridgehead atoms. The van der Waals surface area contributed by atoms with E-state index in [2.05, 4.69) is 9.62 Å². The number of amides is 1. The SMILES string of the molecule is CCN(CC)C(C)(C)CNS(=O)(=O)c1ccc(N2C(=O)CCS2(=O)=O)cc1. The molecule has 1 saturated heterocycles. The van der Waals surface area contributed by atoms with E-state index in [1.807, 2.05) is 27.7 Å². The quantitative estimate of drug-likeness (QED) is 0.681. The number of sulfonamides is 2. The Bertz CT molecular complexity index is 889. The van der Waals surface area contributed by atoms with Gasteiger partial charge in [0.15, 0.2) is 0 Å². The molecule has 1 aliphatic rings. The molecule has 1 aromatic carbocycles. The van der Waals surface area contributed by atoms with Gasteiger partial charge in [0.2, 0.25) is 26.0 Å². The Morgan fingerprint density at radius 2 is 1.70 bits per heavy atom. The van der Waals surface area contributed by atoms with E-state index < -0.39 is 26.0 Å². The van der Waals surface area contributed by atoms with Crippen LogP contribution in [0.1, 0.15) is 34.1 Å². The smallest absolute Gasteiger partial charge is 0.242 e. The van der Waals surface area contributed by atoms with Gasteiger partial charge in [0.25, 0.3) is 0 Å². The van der Waals surface area contributed by atoms with Crippen molar-refractivity contribution in [1.29, 1.82) is 0 Å². The molecule has 0 aromatic heterocycles. The number of carbonyl (C=O) groups excluding carboxylic acids is 1. The van der Waals surface area contributed by atoms with E-state index in [1.54, 1.807) is 0 Å². The average Bonchev–Trinajstić information content (AvgIpc) is 2.87. The Morgan fingerprint density at radius 1 is 1.15 bits per heavy atom. The first-order valence-corrected chi connectivity index (χ1v) is 11.9. The fourth-order valence-corrected chi connectivity index (χ4v) is 5.84. The molecular weight excluding hydrogens is 390 g/mol. The van der Waals surface area contributed by atoms with Crippen molar-refractivity contribution in [2.75, 3.05) is 29.7 Å². The van der Waals surface area contributed by atoms with Crippen LogP contribution in [0.5, 0.6) is 0 Å². The molecule has 0 radical (unpaired) electrons. The molecule has 0 aliphatic carbocycles. The van der Waals surface area contributed by atoms with Crippen molar-refractivity contribution >= 4 is 31.6 Å². The first kappa shape index (κ1) is 21.8. The lowest BCUT2D eigenvalue weighted by Crippen LogP contribution is -2.51. The molecule has 27 heavy (non-hydrogen) atoms. The third kappa shape index (κ3) is 4.68. The molecule has 1 aliphatic heterocycles. The summed E-state index contributed by atoms with van der Waals surface area (Å²) < 4.78 is 52.4. The summed E-state index contributed by atoms with van der Waals surface area (Å²) in [6.45, 7) is 9.82. The van der Waals surface area contributed by atoms with Crippen LogP contribution >= 0.6 is 0 Å². The van der Waals surface area contributed by atoms with Crippen LogP contribution in [0.4, 0.5) is 5.69 Å². The third-order valence-electron chi connectivity index (χ3n) is 4.77. The van der Waals surface area contributed by atoms with E-state index in [0.29, 0.717) is 0 Å². The van der Waals surface area contributed by atoms with E-state index in [4.69, 9.17) is 0 Å². The highest BCUT2D eigenvalue weighted by molar-refractivity contribution is 7.94. The number of nitrogens with one attached hydrogen (secondary N) is 1. The van der Waals surface area contributed by atoms with E-state index >= 15 is 0 Å². The zero-order valence-electron chi connectivity index (χ0n) is 16.1. The molecule has 0 spiro atoms. The third-order valence-corrected chi connectivity index (χ3v) is 7.88. The normalized spacial score (nSPS) is 17.7. The second-order valence-electron chi connectivity index (χ2n) is 7.03. The topological polar surface area (TPSA) is 104 Å². The van der Waals surface area contributed by atoms with E-state index in [9.17, 15) is 21.6 Å². The Hall–Kier alpha value is -1.49. The van der Waals surface area contributed by atoms with Gasteiger partial charge in [0.1, 0.15) is 0 Å². The van der Waals surface area contributed by atoms with Crippen molar-refractivity contribution in [3.63, 3.8) is 0 Å². The second kappa shape index (κ2) is 7.86. The van der Waals surface area contributed by atoms with Gasteiger partial charge in [0.05, 0.1) is 16.3 Å². The fraction of sp³-hybridized carbons (Fsp3) is 0.588. The lowest BCUT2D eigenvalue weighted by molar-refractivity contribution is -0.116. The van der Waals surface area contributed by atoms with Gasteiger partial charge < -0.3 is 0 Å². The largest absolute Gasteiger partial charge is 0.297 e. The van der Waals surface area contributed by atoms with Crippen LogP contribution < -0.4 is 9.03 Å². The minimum absolute atomic E-state index is 0.0191. The standard InChI is InChI=1S/C17H27N3O5S2/c1-5-19(6-2)17(3,4)13-18-27(24,25)15-9-7-14(8-10-15)20-16(21)11-12-26(20,22)23/h7-10,18H,5-6,11-13H2,1-4H3. The monoisotopic (exact) mass is 417 g/mol. The zero-order valence-corrected chi connectivity index (χ0v) is 17.7. The van der Waals surface area contributed by atoms with E-state index in [1.165, 1.54) is 24.3 Å². The molecule has 8 nitrogen and oxygen atoms in total. The molecule has 1 amide bonds. The van der Waals surface area contributed by atoms with Crippen LogP contribution in [-0.2, 0) is 24.8 Å². The number of hydrogen-bond donors (Lipinski definition) is 1. The molecule has 1 heterocycles. The number of rotatable bonds is 8. The maximum absolute atomic E-state index is 12.6. The Kier molecular flexibility index (Phi) is 6.35. The predicted octanol–water partition coefficient (Wildman–Crippen LogP) is 1.15. The fourth-order valence-electron chi connectivity index (χ4n) is 3.18. The van der Waals surface area contributed by atoms with Gasteiger partial charge in [-0.25, -0.2) is 25.9 Å². The lowest BCUT2D eigenvalue weighted by Gasteiger charge is -2.37. The van der Waals surface area contributed by atoms with Crippen LogP contribution in [0.15, 0.2) is 29.2 Å². The molecule has 152 valence electrons. The van der Waals surface area contributed by atoms with Crippen molar-refractivity contribution in [3.05, 3.63) is 24.3 Å². The highest BCUT2D eigenvalue weighted by atomic mass is 32.2. The first-order chi connectivity index (χ1) is 12.4. The van der Waals surface area contributed by atoms with Crippen molar-refractivity contribution in [3.8, 4) is 0 Å². The van der Waals surface area contributed by atoms with E-state index in [-0.39, 0.29) is 34.8 Å². The van der Waals surface area contributed by atoms with Gasteiger partial charge in [-0.3, -0.25) is 9.69 Å².